The van der Waals surface area contributed by atoms with Crippen molar-refractivity contribution >= 4 is 16.3 Å². The molecule has 0 radical (unpaired) electrons. The minimum Gasteiger partial charge on any atom is -0.294 e. The van der Waals surface area contributed by atoms with Crippen LogP contribution in [0.4, 0.5) is 13.2 Å². The van der Waals surface area contributed by atoms with Crippen LogP contribution in [0.25, 0.3) is 16.3 Å². The molecule has 0 aliphatic carbocycles. The number of fused-ring (bicyclic) bond motifs is 1. The minimum atomic E-state index is -4.75. The van der Waals surface area contributed by atoms with E-state index in [4.69, 9.17) is 4.11 Å². The largest absolute Gasteiger partial charge is 0.416 e. The van der Waals surface area contributed by atoms with E-state index in [-0.39, 0.29) is 29.3 Å². The molecule has 0 spiro atoms. The highest BCUT2D eigenvalue weighted by atomic mass is 19.4. The summed E-state index contributed by atoms with van der Waals surface area (Å²) in [5.74, 6) is 0. The molecule has 1 nitrogen and oxygen atoms in total. The molecule has 4 heteroatoms. The van der Waals surface area contributed by atoms with Gasteiger partial charge in [0, 0.05) is 18.6 Å². The van der Waals surface area contributed by atoms with Gasteiger partial charge in [0.15, 0.2) is 0 Å². The first-order chi connectivity index (χ1) is 17.2. The standard InChI is InChI=1S/C30H34F3N/c1-18-8-7-9-24-16-26(20(3)14-28(18)24)15-21(4)34-13-12-27(22(5)23(34)6)25-11-10-19(2)29(17-25)30(31,32)33/h7-11,14,16-17,21,23H,12-13,15H2,1-6H3/i10D,11D,17D. The molecule has 0 saturated heterocycles. The Morgan fingerprint density at radius 3 is 2.50 bits per heavy atom. The minimum absolute atomic E-state index is 0.0414. The van der Waals surface area contributed by atoms with E-state index in [0.29, 0.717) is 18.5 Å². The normalized spacial score (nSPS) is 19.8. The van der Waals surface area contributed by atoms with Crippen LogP contribution in [-0.4, -0.2) is 23.5 Å². The maximum atomic E-state index is 13.8. The summed E-state index contributed by atoms with van der Waals surface area (Å²) in [5.41, 5.74) is 3.73. The quantitative estimate of drug-likeness (QED) is 0.372. The average Bonchev–Trinajstić information content (AvgIpc) is 2.80. The summed E-state index contributed by atoms with van der Waals surface area (Å²) in [5, 5.41) is 2.48. The van der Waals surface area contributed by atoms with E-state index in [0.717, 1.165) is 12.0 Å². The third-order valence-corrected chi connectivity index (χ3v) is 7.44. The summed E-state index contributed by atoms with van der Waals surface area (Å²) >= 11 is 0. The fraction of sp³-hybridized carbons (Fsp3) is 0.400. The number of nitrogens with zero attached hydrogens (tertiary/aromatic N) is 1. The molecule has 0 N–H and O–H groups in total. The molecule has 3 aromatic carbocycles. The van der Waals surface area contributed by atoms with Crippen molar-refractivity contribution in [2.24, 2.45) is 0 Å². The zero-order chi connectivity index (χ0) is 27.4. The van der Waals surface area contributed by atoms with Crippen LogP contribution in [0.5, 0.6) is 0 Å². The van der Waals surface area contributed by atoms with E-state index < -0.39 is 23.8 Å². The van der Waals surface area contributed by atoms with E-state index in [2.05, 4.69) is 56.0 Å². The van der Waals surface area contributed by atoms with E-state index in [1.165, 1.54) is 34.4 Å². The number of rotatable bonds is 4. The third-order valence-electron chi connectivity index (χ3n) is 7.44. The van der Waals surface area contributed by atoms with E-state index in [1.807, 2.05) is 13.8 Å². The summed E-state index contributed by atoms with van der Waals surface area (Å²) in [4.78, 5) is 2.35. The van der Waals surface area contributed by atoms with Crippen LogP contribution in [-0.2, 0) is 12.6 Å². The number of hydrogen-bond donors (Lipinski definition) is 0. The van der Waals surface area contributed by atoms with Gasteiger partial charge in [-0.3, -0.25) is 4.90 Å². The lowest BCUT2D eigenvalue weighted by atomic mass is 9.87. The predicted octanol–water partition coefficient (Wildman–Crippen LogP) is 8.28. The van der Waals surface area contributed by atoms with Gasteiger partial charge in [0.25, 0.3) is 0 Å². The van der Waals surface area contributed by atoms with Crippen molar-refractivity contribution in [1.82, 2.24) is 4.90 Å². The van der Waals surface area contributed by atoms with Crippen LogP contribution in [0.2, 0.25) is 0 Å². The third kappa shape index (κ3) is 4.65. The van der Waals surface area contributed by atoms with Crippen molar-refractivity contribution in [3.63, 3.8) is 0 Å². The summed E-state index contributed by atoms with van der Waals surface area (Å²) < 4.78 is 66.3. The molecule has 0 amide bonds. The zero-order valence-corrected chi connectivity index (χ0v) is 20.7. The van der Waals surface area contributed by atoms with Gasteiger partial charge in [-0.2, -0.15) is 13.2 Å². The summed E-state index contributed by atoms with van der Waals surface area (Å²) in [6, 6.07) is 9.52. The fourth-order valence-corrected chi connectivity index (χ4v) is 5.25. The lowest BCUT2D eigenvalue weighted by Gasteiger charge is -2.40. The first-order valence-corrected chi connectivity index (χ1v) is 11.9. The second-order valence-corrected chi connectivity index (χ2v) is 9.70. The Morgan fingerprint density at radius 1 is 1.06 bits per heavy atom. The molecular weight excluding hydrogens is 431 g/mol. The summed E-state index contributed by atoms with van der Waals surface area (Å²) in [6.45, 7) is 12.1. The Kier molecular flexibility index (Phi) is 5.63. The number of alkyl halides is 3. The van der Waals surface area contributed by atoms with Gasteiger partial charge in [-0.05, 0) is 105 Å². The Bertz CT molecular complexity index is 1410. The highest BCUT2D eigenvalue weighted by Gasteiger charge is 2.34. The van der Waals surface area contributed by atoms with Gasteiger partial charge in [-0.25, -0.2) is 0 Å². The lowest BCUT2D eigenvalue weighted by Crippen LogP contribution is -2.45. The van der Waals surface area contributed by atoms with Gasteiger partial charge < -0.3 is 0 Å². The van der Waals surface area contributed by atoms with Crippen LogP contribution in [0.15, 0.2) is 54.0 Å². The molecule has 2 unspecified atom stereocenters. The number of aryl methyl sites for hydroxylation is 2. The van der Waals surface area contributed by atoms with Gasteiger partial charge in [0.1, 0.15) is 0 Å². The molecule has 4 rings (SSSR count). The Labute approximate surface area is 205 Å². The lowest BCUT2D eigenvalue weighted by molar-refractivity contribution is -0.138. The van der Waals surface area contributed by atoms with Gasteiger partial charge >= 0.3 is 6.18 Å². The molecule has 2 atom stereocenters. The molecule has 180 valence electrons. The predicted molar refractivity (Wildman–Crippen MR) is 136 cm³/mol. The molecule has 3 aromatic rings. The van der Waals surface area contributed by atoms with Crippen LogP contribution < -0.4 is 0 Å². The number of benzene rings is 3. The van der Waals surface area contributed by atoms with Gasteiger partial charge in [-0.1, -0.05) is 48.0 Å². The molecule has 0 saturated carbocycles. The second-order valence-electron chi connectivity index (χ2n) is 9.70. The van der Waals surface area contributed by atoms with Crippen molar-refractivity contribution in [3.05, 3.63) is 87.4 Å². The summed E-state index contributed by atoms with van der Waals surface area (Å²) in [6.07, 6.45) is -3.46. The smallest absolute Gasteiger partial charge is 0.294 e. The van der Waals surface area contributed by atoms with Crippen LogP contribution >= 0.6 is 0 Å². The van der Waals surface area contributed by atoms with Crippen molar-refractivity contribution in [2.45, 2.75) is 72.6 Å². The molecular formula is C30H34F3N. The van der Waals surface area contributed by atoms with Crippen LogP contribution in [0.3, 0.4) is 0 Å². The van der Waals surface area contributed by atoms with Crippen molar-refractivity contribution in [3.8, 4) is 0 Å². The molecule has 0 fully saturated rings. The second kappa shape index (κ2) is 9.22. The van der Waals surface area contributed by atoms with Gasteiger partial charge in [-0.15, -0.1) is 0 Å². The summed E-state index contributed by atoms with van der Waals surface area (Å²) in [7, 11) is 0. The Balaban J connectivity index is 1.68. The Morgan fingerprint density at radius 2 is 1.79 bits per heavy atom. The van der Waals surface area contributed by atoms with Gasteiger partial charge in [0.2, 0.25) is 0 Å². The molecule has 1 aliphatic rings. The van der Waals surface area contributed by atoms with Crippen molar-refractivity contribution in [1.29, 1.82) is 0 Å². The molecule has 34 heavy (non-hydrogen) atoms. The highest BCUT2D eigenvalue weighted by molar-refractivity contribution is 5.87. The first-order valence-electron chi connectivity index (χ1n) is 13.4. The molecule has 0 aromatic heterocycles. The van der Waals surface area contributed by atoms with E-state index >= 15 is 0 Å². The fourth-order valence-electron chi connectivity index (χ4n) is 5.25. The monoisotopic (exact) mass is 468 g/mol. The SMILES string of the molecule is [2H]c1c([2H])c(C2=C(C)C(C)N(C(C)Cc3cc4cccc(C)c4cc3C)CC2)c([2H])c(C(F)(F)F)c1C. The maximum absolute atomic E-state index is 13.8. The van der Waals surface area contributed by atoms with E-state index in [1.54, 1.807) is 0 Å². The zero-order valence-electron chi connectivity index (χ0n) is 23.7. The van der Waals surface area contributed by atoms with Crippen molar-refractivity contribution in [2.75, 3.05) is 6.54 Å². The van der Waals surface area contributed by atoms with E-state index in [9.17, 15) is 13.2 Å². The molecule has 1 heterocycles. The molecule has 1 aliphatic heterocycles. The van der Waals surface area contributed by atoms with Crippen molar-refractivity contribution < 1.29 is 17.3 Å². The number of hydrogen-bond acceptors (Lipinski definition) is 1. The Hall–Kier alpha value is -2.59. The van der Waals surface area contributed by atoms with Crippen LogP contribution in [0.1, 0.15) is 64.7 Å². The highest BCUT2D eigenvalue weighted by Crippen LogP contribution is 2.37. The molecule has 0 bridgehead atoms. The first kappa shape index (κ1) is 20.8. The topological polar surface area (TPSA) is 3.24 Å². The van der Waals surface area contributed by atoms with Gasteiger partial charge in [0.05, 0.1) is 9.68 Å². The maximum Gasteiger partial charge on any atom is 0.416 e. The van der Waals surface area contributed by atoms with Crippen LogP contribution in [0, 0.1) is 20.8 Å². The number of halogens is 3. The average molecular weight is 469 g/mol.